The van der Waals surface area contributed by atoms with E-state index in [0.29, 0.717) is 5.13 Å². The molecule has 0 radical (unpaired) electrons. The van der Waals surface area contributed by atoms with Crippen molar-refractivity contribution >= 4 is 48.3 Å². The number of amides is 1. The van der Waals surface area contributed by atoms with Gasteiger partial charge in [-0.15, -0.1) is 11.3 Å². The van der Waals surface area contributed by atoms with Crippen LogP contribution in [0.15, 0.2) is 45.2 Å². The third kappa shape index (κ3) is 4.10. The Morgan fingerprint density at radius 1 is 1.38 bits per heavy atom. The topological polar surface area (TPSA) is 79.4 Å². The van der Waals surface area contributed by atoms with Crippen LogP contribution in [0, 0.1) is 0 Å². The minimum atomic E-state index is -3.70. The number of rotatable bonds is 5. The van der Waals surface area contributed by atoms with E-state index in [1.54, 1.807) is 23.7 Å². The van der Waals surface area contributed by atoms with Gasteiger partial charge < -0.3 is 5.32 Å². The lowest BCUT2D eigenvalue weighted by Crippen LogP contribution is -2.34. The molecule has 0 atom stereocenters. The van der Waals surface area contributed by atoms with E-state index in [2.05, 4.69) is 26.2 Å². The summed E-state index contributed by atoms with van der Waals surface area (Å²) in [6.07, 6.45) is 1.56. The molecule has 1 aromatic heterocycles. The number of carbonyl (C=O) groups excluding carboxylic acids is 1. The molecule has 1 aromatic carbocycles. The summed E-state index contributed by atoms with van der Waals surface area (Å²) >= 11 is 4.51. The normalized spacial score (nSPS) is 11.6. The molecule has 0 aliphatic carbocycles. The van der Waals surface area contributed by atoms with E-state index in [1.807, 2.05) is 0 Å². The Bertz CT molecular complexity index is 715. The number of benzene rings is 1. The maximum Gasteiger partial charge on any atom is 0.243 e. The van der Waals surface area contributed by atoms with Gasteiger partial charge in [-0.1, -0.05) is 15.9 Å². The number of thiazole rings is 1. The highest BCUT2D eigenvalue weighted by molar-refractivity contribution is 9.10. The quantitative estimate of drug-likeness (QED) is 0.849. The van der Waals surface area contributed by atoms with E-state index in [1.165, 1.54) is 30.5 Å². The van der Waals surface area contributed by atoms with Crippen molar-refractivity contribution in [1.29, 1.82) is 0 Å². The Labute approximate surface area is 135 Å². The smallest absolute Gasteiger partial charge is 0.243 e. The third-order valence-electron chi connectivity index (χ3n) is 2.57. The maximum atomic E-state index is 12.3. The van der Waals surface area contributed by atoms with Crippen LogP contribution in [-0.4, -0.2) is 37.2 Å². The first-order valence-corrected chi connectivity index (χ1v) is 8.92. The average Bonchev–Trinajstić information content (AvgIpc) is 2.91. The highest BCUT2D eigenvalue weighted by Crippen LogP contribution is 2.18. The van der Waals surface area contributed by atoms with E-state index in [-0.39, 0.29) is 11.4 Å². The Hall–Kier alpha value is -1.29. The number of hydrogen-bond acceptors (Lipinski definition) is 5. The molecule has 0 aliphatic rings. The molecule has 0 spiro atoms. The van der Waals surface area contributed by atoms with E-state index in [9.17, 15) is 13.2 Å². The van der Waals surface area contributed by atoms with Crippen LogP contribution in [0.3, 0.4) is 0 Å². The van der Waals surface area contributed by atoms with Crippen molar-refractivity contribution in [2.24, 2.45) is 0 Å². The molecule has 112 valence electrons. The van der Waals surface area contributed by atoms with Crippen molar-refractivity contribution in [2.75, 3.05) is 18.9 Å². The summed E-state index contributed by atoms with van der Waals surface area (Å²) < 4.78 is 26.4. The first-order valence-electron chi connectivity index (χ1n) is 5.81. The summed E-state index contributed by atoms with van der Waals surface area (Å²) in [5.41, 5.74) is 0. The molecule has 2 rings (SSSR count). The molecule has 0 unspecified atom stereocenters. The van der Waals surface area contributed by atoms with E-state index in [4.69, 9.17) is 0 Å². The van der Waals surface area contributed by atoms with E-state index in [0.717, 1.165) is 8.78 Å². The molecule has 1 N–H and O–H groups in total. The molecule has 0 aliphatic heterocycles. The van der Waals surface area contributed by atoms with Crippen molar-refractivity contribution in [1.82, 2.24) is 9.29 Å². The van der Waals surface area contributed by atoms with Gasteiger partial charge in [0.15, 0.2) is 5.13 Å². The van der Waals surface area contributed by atoms with Crippen LogP contribution in [0.5, 0.6) is 0 Å². The second kappa shape index (κ2) is 6.65. The number of sulfonamides is 1. The SMILES string of the molecule is CN(CC(=O)Nc1nccs1)S(=O)(=O)c1ccc(Br)cc1. The minimum absolute atomic E-state index is 0.134. The highest BCUT2D eigenvalue weighted by Gasteiger charge is 2.23. The molecule has 0 bridgehead atoms. The number of nitrogens with one attached hydrogen (secondary N) is 1. The molecule has 6 nitrogen and oxygen atoms in total. The third-order valence-corrected chi connectivity index (χ3v) is 5.60. The Morgan fingerprint density at radius 2 is 2.05 bits per heavy atom. The molecule has 0 saturated carbocycles. The van der Waals surface area contributed by atoms with Gasteiger partial charge in [0.2, 0.25) is 15.9 Å². The van der Waals surface area contributed by atoms with Gasteiger partial charge in [-0.3, -0.25) is 4.79 Å². The van der Waals surface area contributed by atoms with Crippen molar-refractivity contribution in [3.8, 4) is 0 Å². The van der Waals surface area contributed by atoms with E-state index >= 15 is 0 Å². The summed E-state index contributed by atoms with van der Waals surface area (Å²) in [6, 6.07) is 6.23. The number of hydrogen-bond donors (Lipinski definition) is 1. The number of likely N-dealkylation sites (N-methyl/N-ethyl adjacent to an activating group) is 1. The zero-order valence-electron chi connectivity index (χ0n) is 11.0. The minimum Gasteiger partial charge on any atom is -0.301 e. The van der Waals surface area contributed by atoms with Crippen LogP contribution in [0.4, 0.5) is 5.13 Å². The summed E-state index contributed by atoms with van der Waals surface area (Å²) in [6.45, 7) is -0.280. The largest absolute Gasteiger partial charge is 0.301 e. The standard InChI is InChI=1S/C12H12BrN3O3S2/c1-16(8-11(17)15-12-14-6-7-20-12)21(18,19)10-4-2-9(13)3-5-10/h2-7H,8H2,1H3,(H,14,15,17). The molecular weight excluding hydrogens is 378 g/mol. The Balaban J connectivity index is 2.06. The summed E-state index contributed by atoms with van der Waals surface area (Å²) in [7, 11) is -2.34. The van der Waals surface area contributed by atoms with Gasteiger partial charge in [0.25, 0.3) is 0 Å². The zero-order chi connectivity index (χ0) is 15.5. The molecule has 1 heterocycles. The summed E-state index contributed by atoms with van der Waals surface area (Å²) in [5, 5.41) is 4.70. The molecule has 2 aromatic rings. The first-order chi connectivity index (χ1) is 9.89. The van der Waals surface area contributed by atoms with Gasteiger partial charge in [0, 0.05) is 23.1 Å². The Kier molecular flexibility index (Phi) is 5.09. The van der Waals surface area contributed by atoms with Gasteiger partial charge >= 0.3 is 0 Å². The predicted octanol–water partition coefficient (Wildman–Crippen LogP) is 2.16. The van der Waals surface area contributed by atoms with Crippen LogP contribution < -0.4 is 5.32 Å². The second-order valence-corrected chi connectivity index (χ2v) is 7.96. The second-order valence-electron chi connectivity index (χ2n) is 4.10. The predicted molar refractivity (Wildman–Crippen MR) is 84.7 cm³/mol. The van der Waals surface area contributed by atoms with Crippen LogP contribution in [0.1, 0.15) is 0 Å². The lowest BCUT2D eigenvalue weighted by atomic mass is 10.4. The number of anilines is 1. The first kappa shape index (κ1) is 16.1. The maximum absolute atomic E-state index is 12.3. The van der Waals surface area contributed by atoms with Gasteiger partial charge in [0.05, 0.1) is 11.4 Å². The molecule has 21 heavy (non-hydrogen) atoms. The van der Waals surface area contributed by atoms with Crippen LogP contribution in [-0.2, 0) is 14.8 Å². The highest BCUT2D eigenvalue weighted by atomic mass is 79.9. The van der Waals surface area contributed by atoms with E-state index < -0.39 is 15.9 Å². The van der Waals surface area contributed by atoms with Crippen LogP contribution in [0.2, 0.25) is 0 Å². The van der Waals surface area contributed by atoms with Crippen LogP contribution >= 0.6 is 27.3 Å². The zero-order valence-corrected chi connectivity index (χ0v) is 14.2. The van der Waals surface area contributed by atoms with Crippen molar-refractivity contribution in [3.63, 3.8) is 0 Å². The Morgan fingerprint density at radius 3 is 2.62 bits per heavy atom. The summed E-state index contributed by atoms with van der Waals surface area (Å²) in [5.74, 6) is -0.437. The van der Waals surface area contributed by atoms with Gasteiger partial charge in [-0.05, 0) is 24.3 Å². The van der Waals surface area contributed by atoms with Crippen molar-refractivity contribution < 1.29 is 13.2 Å². The molecule has 9 heteroatoms. The fourth-order valence-electron chi connectivity index (χ4n) is 1.52. The molecular formula is C12H12BrN3O3S2. The fraction of sp³-hybridized carbons (Fsp3) is 0.167. The average molecular weight is 390 g/mol. The number of nitrogens with zero attached hydrogens (tertiary/aromatic N) is 2. The number of aromatic nitrogens is 1. The number of carbonyl (C=O) groups is 1. The molecule has 0 saturated heterocycles. The van der Waals surface area contributed by atoms with Crippen LogP contribution in [0.25, 0.3) is 0 Å². The van der Waals surface area contributed by atoms with Gasteiger partial charge in [-0.25, -0.2) is 13.4 Å². The van der Waals surface area contributed by atoms with Crippen molar-refractivity contribution in [2.45, 2.75) is 4.90 Å². The lowest BCUT2D eigenvalue weighted by Gasteiger charge is -2.16. The summed E-state index contributed by atoms with van der Waals surface area (Å²) in [4.78, 5) is 15.8. The monoisotopic (exact) mass is 389 g/mol. The van der Waals surface area contributed by atoms with Crippen molar-refractivity contribution in [3.05, 3.63) is 40.3 Å². The molecule has 1 amide bonds. The fourth-order valence-corrected chi connectivity index (χ4v) is 3.45. The van der Waals surface area contributed by atoms with Gasteiger partial charge in [-0.2, -0.15) is 4.31 Å². The number of halogens is 1. The lowest BCUT2D eigenvalue weighted by molar-refractivity contribution is -0.116. The van der Waals surface area contributed by atoms with Gasteiger partial charge in [0.1, 0.15) is 0 Å². The molecule has 0 fully saturated rings.